The molecule has 0 aliphatic carbocycles. The maximum absolute atomic E-state index is 11.4. The molecular formula is C11H22N2O2. The van der Waals surface area contributed by atoms with Gasteiger partial charge in [-0.15, -0.1) is 0 Å². The number of nitrogens with zero attached hydrogens (tertiary/aromatic N) is 1. The number of hydrogen-bond acceptors (Lipinski definition) is 3. The lowest BCUT2D eigenvalue weighted by Crippen LogP contribution is -2.37. The number of amides is 1. The van der Waals surface area contributed by atoms with E-state index in [0.29, 0.717) is 13.1 Å². The van der Waals surface area contributed by atoms with Crippen molar-refractivity contribution in [2.45, 2.75) is 26.2 Å². The van der Waals surface area contributed by atoms with Crippen LogP contribution in [0.5, 0.6) is 0 Å². The Balaban J connectivity index is 2.15. The van der Waals surface area contributed by atoms with Gasteiger partial charge >= 0.3 is 0 Å². The minimum atomic E-state index is 0.0181. The van der Waals surface area contributed by atoms with Crippen molar-refractivity contribution < 1.29 is 9.90 Å². The van der Waals surface area contributed by atoms with Crippen LogP contribution in [0.4, 0.5) is 0 Å². The SMILES string of the molecule is CCCC1CCN(CC(=O)NCCO)C1. The lowest BCUT2D eigenvalue weighted by Gasteiger charge is -2.15. The number of rotatable bonds is 6. The van der Waals surface area contributed by atoms with E-state index in [2.05, 4.69) is 17.1 Å². The molecule has 1 aliphatic rings. The van der Waals surface area contributed by atoms with Gasteiger partial charge in [0.25, 0.3) is 0 Å². The molecular weight excluding hydrogens is 192 g/mol. The van der Waals surface area contributed by atoms with Crippen LogP contribution < -0.4 is 5.32 Å². The lowest BCUT2D eigenvalue weighted by atomic mass is 10.0. The fourth-order valence-electron chi connectivity index (χ4n) is 2.15. The van der Waals surface area contributed by atoms with Gasteiger partial charge in [0.05, 0.1) is 13.2 Å². The number of nitrogens with one attached hydrogen (secondary N) is 1. The molecule has 1 fully saturated rings. The molecule has 88 valence electrons. The smallest absolute Gasteiger partial charge is 0.234 e. The minimum Gasteiger partial charge on any atom is -0.395 e. The molecule has 1 unspecified atom stereocenters. The third kappa shape index (κ3) is 4.62. The number of carbonyl (C=O) groups is 1. The first-order valence-electron chi connectivity index (χ1n) is 5.86. The number of hydrogen-bond donors (Lipinski definition) is 2. The van der Waals surface area contributed by atoms with Gasteiger partial charge in [-0.1, -0.05) is 13.3 Å². The summed E-state index contributed by atoms with van der Waals surface area (Å²) < 4.78 is 0. The summed E-state index contributed by atoms with van der Waals surface area (Å²) in [4.78, 5) is 13.6. The Morgan fingerprint density at radius 3 is 3.07 bits per heavy atom. The molecule has 1 aliphatic heterocycles. The molecule has 0 aromatic rings. The number of aliphatic hydroxyl groups excluding tert-OH is 1. The normalized spacial score (nSPS) is 21.9. The zero-order valence-electron chi connectivity index (χ0n) is 9.54. The maximum atomic E-state index is 11.4. The Morgan fingerprint density at radius 2 is 2.40 bits per heavy atom. The van der Waals surface area contributed by atoms with Crippen LogP contribution in [0.25, 0.3) is 0 Å². The monoisotopic (exact) mass is 214 g/mol. The van der Waals surface area contributed by atoms with Gasteiger partial charge in [0.15, 0.2) is 0 Å². The van der Waals surface area contributed by atoms with Gasteiger partial charge in [-0.2, -0.15) is 0 Å². The average Bonchev–Trinajstić information content (AvgIpc) is 2.63. The second kappa shape index (κ2) is 6.80. The van der Waals surface area contributed by atoms with Crippen LogP contribution in [0.15, 0.2) is 0 Å². The molecule has 0 aromatic heterocycles. The van der Waals surface area contributed by atoms with E-state index in [4.69, 9.17) is 5.11 Å². The standard InChI is InChI=1S/C11H22N2O2/c1-2-3-10-4-6-13(8-10)9-11(15)12-5-7-14/h10,14H,2-9H2,1H3,(H,12,15). The third-order valence-corrected chi connectivity index (χ3v) is 2.87. The Kier molecular flexibility index (Phi) is 5.65. The van der Waals surface area contributed by atoms with E-state index in [-0.39, 0.29) is 12.5 Å². The van der Waals surface area contributed by atoms with E-state index in [1.807, 2.05) is 0 Å². The molecule has 4 nitrogen and oxygen atoms in total. The fourth-order valence-corrected chi connectivity index (χ4v) is 2.15. The van der Waals surface area contributed by atoms with Crippen molar-refractivity contribution in [2.24, 2.45) is 5.92 Å². The van der Waals surface area contributed by atoms with E-state index >= 15 is 0 Å². The van der Waals surface area contributed by atoms with Gasteiger partial charge in [-0.05, 0) is 25.3 Å². The molecule has 1 rings (SSSR count). The first-order valence-corrected chi connectivity index (χ1v) is 5.86. The van der Waals surface area contributed by atoms with Crippen LogP contribution in [-0.2, 0) is 4.79 Å². The topological polar surface area (TPSA) is 52.6 Å². The predicted octanol–water partition coefficient (Wildman–Crippen LogP) is 0.217. The maximum Gasteiger partial charge on any atom is 0.234 e. The molecule has 0 radical (unpaired) electrons. The van der Waals surface area contributed by atoms with Gasteiger partial charge in [0.2, 0.25) is 5.91 Å². The quantitative estimate of drug-likeness (QED) is 0.665. The summed E-state index contributed by atoms with van der Waals surface area (Å²) in [5, 5.41) is 11.2. The van der Waals surface area contributed by atoms with Crippen LogP contribution in [-0.4, -0.2) is 48.7 Å². The van der Waals surface area contributed by atoms with Crippen molar-refractivity contribution in [2.75, 3.05) is 32.8 Å². The van der Waals surface area contributed by atoms with E-state index in [9.17, 15) is 4.79 Å². The van der Waals surface area contributed by atoms with Crippen molar-refractivity contribution in [1.29, 1.82) is 0 Å². The second-order valence-corrected chi connectivity index (χ2v) is 4.25. The molecule has 15 heavy (non-hydrogen) atoms. The third-order valence-electron chi connectivity index (χ3n) is 2.87. The molecule has 4 heteroatoms. The summed E-state index contributed by atoms with van der Waals surface area (Å²) in [7, 11) is 0. The molecule has 0 aromatic carbocycles. The molecule has 0 bridgehead atoms. The van der Waals surface area contributed by atoms with Gasteiger partial charge in [0.1, 0.15) is 0 Å². The average molecular weight is 214 g/mol. The van der Waals surface area contributed by atoms with Crippen molar-refractivity contribution in [1.82, 2.24) is 10.2 Å². The molecule has 0 saturated carbocycles. The zero-order chi connectivity index (χ0) is 11.1. The van der Waals surface area contributed by atoms with E-state index in [1.54, 1.807) is 0 Å². The van der Waals surface area contributed by atoms with Gasteiger partial charge in [-0.3, -0.25) is 9.69 Å². The molecule has 1 heterocycles. The van der Waals surface area contributed by atoms with Crippen LogP contribution in [0, 0.1) is 5.92 Å². The van der Waals surface area contributed by atoms with Crippen LogP contribution in [0.1, 0.15) is 26.2 Å². The second-order valence-electron chi connectivity index (χ2n) is 4.25. The summed E-state index contributed by atoms with van der Waals surface area (Å²) in [5.41, 5.74) is 0. The zero-order valence-corrected chi connectivity index (χ0v) is 9.54. The summed E-state index contributed by atoms with van der Waals surface area (Å²) in [6, 6.07) is 0. The first-order chi connectivity index (χ1) is 7.26. The molecule has 2 N–H and O–H groups in total. The van der Waals surface area contributed by atoms with Crippen molar-refractivity contribution in [3.8, 4) is 0 Å². The highest BCUT2D eigenvalue weighted by Gasteiger charge is 2.22. The van der Waals surface area contributed by atoms with E-state index < -0.39 is 0 Å². The van der Waals surface area contributed by atoms with Crippen LogP contribution >= 0.6 is 0 Å². The highest BCUT2D eigenvalue weighted by atomic mass is 16.3. The Labute approximate surface area is 91.6 Å². The highest BCUT2D eigenvalue weighted by Crippen LogP contribution is 2.20. The van der Waals surface area contributed by atoms with Crippen molar-refractivity contribution >= 4 is 5.91 Å². The van der Waals surface area contributed by atoms with Gasteiger partial charge in [-0.25, -0.2) is 0 Å². The van der Waals surface area contributed by atoms with Crippen molar-refractivity contribution in [3.05, 3.63) is 0 Å². The minimum absolute atomic E-state index is 0.0181. The molecule has 1 amide bonds. The van der Waals surface area contributed by atoms with Crippen LogP contribution in [0.2, 0.25) is 0 Å². The summed E-state index contributed by atoms with van der Waals surface area (Å²) in [6.45, 7) is 5.17. The Morgan fingerprint density at radius 1 is 1.60 bits per heavy atom. The number of likely N-dealkylation sites (tertiary alicyclic amines) is 1. The Hall–Kier alpha value is -0.610. The summed E-state index contributed by atoms with van der Waals surface area (Å²) >= 11 is 0. The van der Waals surface area contributed by atoms with Gasteiger partial charge < -0.3 is 10.4 Å². The Bertz CT molecular complexity index is 197. The molecule has 1 saturated heterocycles. The summed E-state index contributed by atoms with van der Waals surface area (Å²) in [5.74, 6) is 0.807. The van der Waals surface area contributed by atoms with E-state index in [1.165, 1.54) is 19.3 Å². The first kappa shape index (κ1) is 12.5. The number of carbonyl (C=O) groups excluding carboxylic acids is 1. The fraction of sp³-hybridized carbons (Fsp3) is 0.909. The predicted molar refractivity (Wildman–Crippen MR) is 59.6 cm³/mol. The summed E-state index contributed by atoms with van der Waals surface area (Å²) in [6.07, 6.45) is 3.73. The van der Waals surface area contributed by atoms with E-state index in [0.717, 1.165) is 19.0 Å². The molecule has 1 atom stereocenters. The number of aliphatic hydroxyl groups is 1. The van der Waals surface area contributed by atoms with Gasteiger partial charge in [0, 0.05) is 13.1 Å². The largest absolute Gasteiger partial charge is 0.395 e. The highest BCUT2D eigenvalue weighted by molar-refractivity contribution is 5.78. The van der Waals surface area contributed by atoms with Crippen molar-refractivity contribution in [3.63, 3.8) is 0 Å². The lowest BCUT2D eigenvalue weighted by molar-refractivity contribution is -0.122. The molecule has 0 spiro atoms. The van der Waals surface area contributed by atoms with Crippen LogP contribution in [0.3, 0.4) is 0 Å².